The number of para-hydroxylation sites is 1. The van der Waals surface area contributed by atoms with Crippen molar-refractivity contribution in [3.63, 3.8) is 0 Å². The number of hydrogen-bond donors (Lipinski definition) is 1. The van der Waals surface area contributed by atoms with Crippen molar-refractivity contribution in [1.82, 2.24) is 10.5 Å². The van der Waals surface area contributed by atoms with E-state index in [1.165, 1.54) is 0 Å². The van der Waals surface area contributed by atoms with Crippen LogP contribution in [0.1, 0.15) is 29.6 Å². The average Bonchev–Trinajstić information content (AvgIpc) is 2.72. The molecule has 1 fully saturated rings. The van der Waals surface area contributed by atoms with Crippen molar-refractivity contribution in [3.05, 3.63) is 64.6 Å². The maximum atomic E-state index is 12.8. The van der Waals surface area contributed by atoms with Crippen molar-refractivity contribution >= 4 is 32.7 Å². The van der Waals surface area contributed by atoms with Crippen LogP contribution in [0.3, 0.4) is 0 Å². The van der Waals surface area contributed by atoms with E-state index in [-0.39, 0.29) is 12.2 Å². The number of nitrogens with one attached hydrogen (secondary N) is 1. The van der Waals surface area contributed by atoms with Gasteiger partial charge in [0.05, 0.1) is 16.8 Å². The number of ether oxygens (including phenoxy) is 1. The Kier molecular flexibility index (Phi) is 5.48. The quantitative estimate of drug-likeness (QED) is 0.605. The zero-order valence-electron chi connectivity index (χ0n) is 14.7. The molecule has 6 heteroatoms. The molecular weight excluding hydrogens is 408 g/mol. The third-order valence-corrected chi connectivity index (χ3v) is 5.05. The molecule has 1 unspecified atom stereocenters. The lowest BCUT2D eigenvalue weighted by Gasteiger charge is -2.22. The summed E-state index contributed by atoms with van der Waals surface area (Å²) in [5.74, 6) is -0.305. The monoisotopic (exact) mass is 426 g/mol. The molecule has 27 heavy (non-hydrogen) atoms. The van der Waals surface area contributed by atoms with Crippen LogP contribution in [0.4, 0.5) is 0 Å². The second-order valence-corrected chi connectivity index (χ2v) is 7.34. The maximum Gasteiger partial charge on any atom is 0.275 e. The average molecular weight is 427 g/mol. The molecule has 2 aromatic carbocycles. The van der Waals surface area contributed by atoms with Crippen LogP contribution in [0.5, 0.6) is 0 Å². The number of halogens is 1. The summed E-state index contributed by atoms with van der Waals surface area (Å²) in [6.45, 7) is 0.659. The number of pyridine rings is 1. The zero-order chi connectivity index (χ0) is 18.6. The molecular formula is C21H19BrN2O3. The Balaban J connectivity index is 1.65. The fourth-order valence-electron chi connectivity index (χ4n) is 3.11. The molecule has 1 aliphatic heterocycles. The molecule has 1 saturated heterocycles. The second kappa shape index (κ2) is 8.17. The lowest BCUT2D eigenvalue weighted by Crippen LogP contribution is -2.33. The molecule has 1 amide bonds. The maximum absolute atomic E-state index is 12.8. The van der Waals surface area contributed by atoms with Gasteiger partial charge in [0.1, 0.15) is 0 Å². The van der Waals surface area contributed by atoms with Gasteiger partial charge in [-0.05, 0) is 37.1 Å². The third-order valence-electron chi connectivity index (χ3n) is 4.52. The van der Waals surface area contributed by atoms with E-state index in [2.05, 4.69) is 21.4 Å². The molecule has 1 aliphatic rings. The highest BCUT2D eigenvalue weighted by Crippen LogP contribution is 2.26. The van der Waals surface area contributed by atoms with Gasteiger partial charge in [-0.25, -0.2) is 15.3 Å². The molecule has 138 valence electrons. The number of rotatable bonds is 4. The summed E-state index contributed by atoms with van der Waals surface area (Å²) < 4.78 is 6.49. The number of fused-ring (bicyclic) bond motifs is 1. The molecule has 5 nitrogen and oxygen atoms in total. The highest BCUT2D eigenvalue weighted by molar-refractivity contribution is 9.10. The van der Waals surface area contributed by atoms with Gasteiger partial charge in [-0.15, -0.1) is 0 Å². The van der Waals surface area contributed by atoms with Crippen LogP contribution < -0.4 is 5.48 Å². The predicted octanol–water partition coefficient (Wildman–Crippen LogP) is 4.85. The fraction of sp³-hybridized carbons (Fsp3) is 0.238. The van der Waals surface area contributed by atoms with Gasteiger partial charge < -0.3 is 4.74 Å². The van der Waals surface area contributed by atoms with Crippen LogP contribution in [0.2, 0.25) is 0 Å². The van der Waals surface area contributed by atoms with Crippen LogP contribution in [0, 0.1) is 0 Å². The Labute approximate surface area is 165 Å². The topological polar surface area (TPSA) is 60.5 Å². The van der Waals surface area contributed by atoms with Crippen LogP contribution in [-0.2, 0) is 9.57 Å². The Hall–Kier alpha value is -2.28. The number of hydroxylamine groups is 1. The number of carbonyl (C=O) groups excluding carboxylic acids is 1. The van der Waals surface area contributed by atoms with E-state index in [4.69, 9.17) is 14.6 Å². The van der Waals surface area contributed by atoms with Gasteiger partial charge in [-0.3, -0.25) is 4.79 Å². The van der Waals surface area contributed by atoms with Crippen LogP contribution >= 0.6 is 15.9 Å². The first-order valence-corrected chi connectivity index (χ1v) is 9.73. The van der Waals surface area contributed by atoms with E-state index < -0.39 is 0 Å². The van der Waals surface area contributed by atoms with Crippen molar-refractivity contribution in [2.24, 2.45) is 0 Å². The van der Waals surface area contributed by atoms with Crippen LogP contribution in [-0.4, -0.2) is 23.8 Å². The largest absolute Gasteiger partial charge is 0.350 e. The Morgan fingerprint density at radius 1 is 1.15 bits per heavy atom. The summed E-state index contributed by atoms with van der Waals surface area (Å²) in [5, 5.41) is 0.782. The summed E-state index contributed by atoms with van der Waals surface area (Å²) in [6.07, 6.45) is 2.45. The van der Waals surface area contributed by atoms with Crippen molar-refractivity contribution in [3.8, 4) is 11.3 Å². The molecule has 3 aromatic rings. The molecule has 0 spiro atoms. The number of nitrogens with zero attached hydrogens (tertiary/aromatic N) is 1. The molecule has 1 N–H and O–H groups in total. The van der Waals surface area contributed by atoms with Gasteiger partial charge in [-0.2, -0.15) is 0 Å². The standard InChI is InChI=1S/C21H19BrN2O3/c22-15-10-8-14(9-11-15)19-13-17(16-5-1-2-6-18(16)23-19)21(25)24-27-20-7-3-4-12-26-20/h1-2,5-6,8-11,13,20H,3-4,7,12H2,(H,24,25). The minimum absolute atomic E-state index is 0.305. The third kappa shape index (κ3) is 4.18. The van der Waals surface area contributed by atoms with E-state index in [1.54, 1.807) is 6.07 Å². The summed E-state index contributed by atoms with van der Waals surface area (Å²) in [6, 6.07) is 17.2. The fourth-order valence-corrected chi connectivity index (χ4v) is 3.37. The Bertz CT molecular complexity index is 953. The Morgan fingerprint density at radius 3 is 2.74 bits per heavy atom. The molecule has 0 aliphatic carbocycles. The molecule has 1 atom stereocenters. The molecule has 0 bridgehead atoms. The number of amides is 1. The summed E-state index contributed by atoms with van der Waals surface area (Å²) >= 11 is 3.44. The van der Waals surface area contributed by atoms with E-state index in [0.29, 0.717) is 12.2 Å². The van der Waals surface area contributed by atoms with Crippen molar-refractivity contribution < 1.29 is 14.4 Å². The summed E-state index contributed by atoms with van der Waals surface area (Å²) in [4.78, 5) is 23.0. The van der Waals surface area contributed by atoms with Gasteiger partial charge in [0.2, 0.25) is 0 Å². The van der Waals surface area contributed by atoms with Crippen LogP contribution in [0.25, 0.3) is 22.2 Å². The van der Waals surface area contributed by atoms with Gasteiger partial charge in [0.15, 0.2) is 6.29 Å². The van der Waals surface area contributed by atoms with Gasteiger partial charge in [0.25, 0.3) is 5.91 Å². The minimum atomic E-state index is -0.387. The summed E-state index contributed by atoms with van der Waals surface area (Å²) in [7, 11) is 0. The van der Waals surface area contributed by atoms with Gasteiger partial charge >= 0.3 is 0 Å². The van der Waals surface area contributed by atoms with Crippen molar-refractivity contribution in [1.29, 1.82) is 0 Å². The first-order chi connectivity index (χ1) is 13.2. The van der Waals surface area contributed by atoms with Crippen LogP contribution in [0.15, 0.2) is 59.1 Å². The van der Waals surface area contributed by atoms with Crippen molar-refractivity contribution in [2.45, 2.75) is 25.6 Å². The predicted molar refractivity (Wildman–Crippen MR) is 107 cm³/mol. The first-order valence-electron chi connectivity index (χ1n) is 8.94. The first kappa shape index (κ1) is 18.1. The highest BCUT2D eigenvalue weighted by Gasteiger charge is 2.18. The van der Waals surface area contributed by atoms with E-state index in [1.807, 2.05) is 48.5 Å². The lowest BCUT2D eigenvalue weighted by molar-refractivity contribution is -0.186. The number of hydrogen-bond acceptors (Lipinski definition) is 4. The minimum Gasteiger partial charge on any atom is -0.350 e. The SMILES string of the molecule is O=C(NOC1CCCCO1)c1cc(-c2ccc(Br)cc2)nc2ccccc12. The molecule has 2 heterocycles. The molecule has 0 radical (unpaired) electrons. The normalized spacial score (nSPS) is 17.0. The zero-order valence-corrected chi connectivity index (χ0v) is 16.2. The van der Waals surface area contributed by atoms with Crippen molar-refractivity contribution in [2.75, 3.05) is 6.61 Å². The van der Waals surface area contributed by atoms with E-state index in [0.717, 1.165) is 45.9 Å². The summed E-state index contributed by atoms with van der Waals surface area (Å²) in [5.41, 5.74) is 5.51. The number of aromatic nitrogens is 1. The van der Waals surface area contributed by atoms with Gasteiger partial charge in [-0.1, -0.05) is 46.3 Å². The van der Waals surface area contributed by atoms with E-state index >= 15 is 0 Å². The van der Waals surface area contributed by atoms with E-state index in [9.17, 15) is 4.79 Å². The highest BCUT2D eigenvalue weighted by atomic mass is 79.9. The molecule has 0 saturated carbocycles. The lowest BCUT2D eigenvalue weighted by atomic mass is 10.0. The number of benzene rings is 2. The number of carbonyl (C=O) groups is 1. The molecule has 1 aromatic heterocycles. The molecule has 4 rings (SSSR count). The smallest absolute Gasteiger partial charge is 0.275 e. The Morgan fingerprint density at radius 2 is 1.96 bits per heavy atom. The second-order valence-electron chi connectivity index (χ2n) is 6.42. The van der Waals surface area contributed by atoms with Gasteiger partial charge in [0, 0.05) is 28.5 Å².